The van der Waals surface area contributed by atoms with Gasteiger partial charge in [0.15, 0.2) is 11.6 Å². The van der Waals surface area contributed by atoms with E-state index in [9.17, 15) is 9.59 Å². The van der Waals surface area contributed by atoms with Crippen LogP contribution in [0.1, 0.15) is 33.7 Å². The molecule has 0 saturated heterocycles. The molecule has 0 fully saturated rings. The van der Waals surface area contributed by atoms with Gasteiger partial charge in [-0.15, -0.1) is 0 Å². The zero-order valence-corrected chi connectivity index (χ0v) is 10.2. The molecule has 1 aromatic heterocycles. The van der Waals surface area contributed by atoms with E-state index in [4.69, 9.17) is 5.11 Å². The lowest BCUT2D eigenvalue weighted by Crippen LogP contribution is -2.06. The molecule has 2 rings (SSSR count). The van der Waals surface area contributed by atoms with Crippen molar-refractivity contribution in [3.63, 3.8) is 0 Å². The van der Waals surface area contributed by atoms with Gasteiger partial charge >= 0.3 is 0 Å². The third-order valence-corrected chi connectivity index (χ3v) is 2.72. The fraction of sp³-hybridized carbons (Fsp3) is 0.133. The minimum absolute atomic E-state index is 0.112. The van der Waals surface area contributed by atoms with E-state index in [0.29, 0.717) is 11.3 Å². The monoisotopic (exact) mass is 255 g/mol. The standard InChI is InChI=1S/C15H13NO3/c17-12-6-4-11(5-7-12)14(18)8-9-15(19)13-3-1-2-10-16-13/h1-7,10,17H,8-9H2. The van der Waals surface area contributed by atoms with Crippen LogP contribution in [-0.4, -0.2) is 21.7 Å². The Kier molecular flexibility index (Phi) is 4.03. The van der Waals surface area contributed by atoms with Crippen molar-refractivity contribution in [1.29, 1.82) is 0 Å². The number of carbonyl (C=O) groups excluding carboxylic acids is 2. The molecule has 0 saturated carbocycles. The molecular formula is C15H13NO3. The average Bonchev–Trinajstić information content (AvgIpc) is 2.46. The predicted molar refractivity (Wildman–Crippen MR) is 70.2 cm³/mol. The van der Waals surface area contributed by atoms with Crippen LogP contribution in [0, 0.1) is 0 Å². The third kappa shape index (κ3) is 3.48. The number of aromatic nitrogens is 1. The van der Waals surface area contributed by atoms with Gasteiger partial charge < -0.3 is 5.11 Å². The molecule has 1 N–H and O–H groups in total. The van der Waals surface area contributed by atoms with Crippen molar-refractivity contribution in [1.82, 2.24) is 4.98 Å². The second-order valence-electron chi connectivity index (χ2n) is 4.11. The number of aromatic hydroxyl groups is 1. The second kappa shape index (κ2) is 5.91. The van der Waals surface area contributed by atoms with Crippen molar-refractivity contribution in [3.05, 3.63) is 59.9 Å². The third-order valence-electron chi connectivity index (χ3n) is 2.72. The fourth-order valence-corrected chi connectivity index (χ4v) is 1.67. The zero-order valence-electron chi connectivity index (χ0n) is 10.2. The van der Waals surface area contributed by atoms with E-state index in [1.165, 1.54) is 12.1 Å². The highest BCUT2D eigenvalue weighted by Crippen LogP contribution is 2.13. The molecule has 0 spiro atoms. The molecule has 0 atom stereocenters. The molecule has 4 nitrogen and oxygen atoms in total. The minimum Gasteiger partial charge on any atom is -0.508 e. The van der Waals surface area contributed by atoms with Crippen LogP contribution in [0.25, 0.3) is 0 Å². The summed E-state index contributed by atoms with van der Waals surface area (Å²) in [5.74, 6) is -0.155. The first-order valence-electron chi connectivity index (χ1n) is 5.93. The van der Waals surface area contributed by atoms with E-state index >= 15 is 0 Å². The van der Waals surface area contributed by atoms with Crippen molar-refractivity contribution in [3.8, 4) is 5.75 Å². The molecule has 4 heteroatoms. The summed E-state index contributed by atoms with van der Waals surface area (Å²) in [6.45, 7) is 0. The zero-order chi connectivity index (χ0) is 13.7. The number of carbonyl (C=O) groups is 2. The molecule has 96 valence electrons. The van der Waals surface area contributed by atoms with E-state index in [1.807, 2.05) is 0 Å². The van der Waals surface area contributed by atoms with E-state index in [2.05, 4.69) is 4.98 Å². The molecule has 0 unspecified atom stereocenters. The van der Waals surface area contributed by atoms with Gasteiger partial charge in [0, 0.05) is 24.6 Å². The number of benzene rings is 1. The van der Waals surface area contributed by atoms with Crippen LogP contribution in [-0.2, 0) is 0 Å². The highest BCUT2D eigenvalue weighted by Gasteiger charge is 2.11. The topological polar surface area (TPSA) is 67.3 Å². The molecule has 1 aromatic carbocycles. The van der Waals surface area contributed by atoms with Crippen molar-refractivity contribution in [2.24, 2.45) is 0 Å². The smallest absolute Gasteiger partial charge is 0.181 e. The van der Waals surface area contributed by atoms with Gasteiger partial charge in [0.25, 0.3) is 0 Å². The predicted octanol–water partition coefficient (Wildman–Crippen LogP) is 2.63. The summed E-state index contributed by atoms with van der Waals surface area (Å²) >= 11 is 0. The summed E-state index contributed by atoms with van der Waals surface area (Å²) in [6, 6.07) is 11.1. The Morgan fingerprint density at radius 3 is 2.26 bits per heavy atom. The van der Waals surface area contributed by atoms with E-state index in [-0.39, 0.29) is 30.2 Å². The van der Waals surface area contributed by atoms with Crippen LogP contribution >= 0.6 is 0 Å². The normalized spacial score (nSPS) is 10.1. The molecular weight excluding hydrogens is 242 g/mol. The largest absolute Gasteiger partial charge is 0.508 e. The quantitative estimate of drug-likeness (QED) is 0.834. The van der Waals surface area contributed by atoms with Crippen LogP contribution in [0.3, 0.4) is 0 Å². The lowest BCUT2D eigenvalue weighted by Gasteiger charge is -2.01. The van der Waals surface area contributed by atoms with E-state index in [0.717, 1.165) is 0 Å². The highest BCUT2D eigenvalue weighted by molar-refractivity contribution is 6.01. The van der Waals surface area contributed by atoms with Gasteiger partial charge in [-0.3, -0.25) is 14.6 Å². The van der Waals surface area contributed by atoms with Crippen molar-refractivity contribution >= 4 is 11.6 Å². The maximum Gasteiger partial charge on any atom is 0.181 e. The molecule has 0 bridgehead atoms. The van der Waals surface area contributed by atoms with E-state index in [1.54, 1.807) is 36.5 Å². The van der Waals surface area contributed by atoms with Crippen LogP contribution in [0.4, 0.5) is 0 Å². The number of rotatable bonds is 5. The Balaban J connectivity index is 1.94. The SMILES string of the molecule is O=C(CCC(=O)c1ccccn1)c1ccc(O)cc1. The Morgan fingerprint density at radius 1 is 0.947 bits per heavy atom. The Labute approximate surface area is 110 Å². The van der Waals surface area contributed by atoms with Crippen LogP contribution < -0.4 is 0 Å². The van der Waals surface area contributed by atoms with Gasteiger partial charge in [-0.2, -0.15) is 0 Å². The summed E-state index contributed by atoms with van der Waals surface area (Å²) in [4.78, 5) is 27.6. The molecule has 0 aliphatic rings. The maximum absolute atomic E-state index is 11.8. The highest BCUT2D eigenvalue weighted by atomic mass is 16.3. The van der Waals surface area contributed by atoms with Gasteiger partial charge in [-0.25, -0.2) is 0 Å². The average molecular weight is 255 g/mol. The summed E-state index contributed by atoms with van der Waals surface area (Å²) in [6.07, 6.45) is 1.83. The van der Waals surface area contributed by atoms with Crippen LogP contribution in [0.2, 0.25) is 0 Å². The lowest BCUT2D eigenvalue weighted by atomic mass is 10.0. The number of ketones is 2. The Hall–Kier alpha value is -2.49. The molecule has 0 radical (unpaired) electrons. The van der Waals surface area contributed by atoms with Gasteiger partial charge in [0.2, 0.25) is 0 Å². The maximum atomic E-state index is 11.8. The van der Waals surface area contributed by atoms with Gasteiger partial charge in [-0.1, -0.05) is 6.07 Å². The lowest BCUT2D eigenvalue weighted by molar-refractivity contribution is 0.0915. The van der Waals surface area contributed by atoms with Gasteiger partial charge in [0.1, 0.15) is 11.4 Å². The van der Waals surface area contributed by atoms with E-state index < -0.39 is 0 Å². The summed E-state index contributed by atoms with van der Waals surface area (Å²) in [5.41, 5.74) is 0.868. The van der Waals surface area contributed by atoms with Crippen LogP contribution in [0.15, 0.2) is 48.7 Å². The number of phenolic OH excluding ortho intramolecular Hbond substituents is 1. The van der Waals surface area contributed by atoms with Gasteiger partial charge in [-0.05, 0) is 36.4 Å². The number of Topliss-reactive ketones (excluding diaryl/α,β-unsaturated/α-hetero) is 2. The van der Waals surface area contributed by atoms with Crippen molar-refractivity contribution < 1.29 is 14.7 Å². The first kappa shape index (κ1) is 13.0. The fourth-order valence-electron chi connectivity index (χ4n) is 1.67. The van der Waals surface area contributed by atoms with Crippen molar-refractivity contribution in [2.45, 2.75) is 12.8 Å². The Morgan fingerprint density at radius 2 is 1.63 bits per heavy atom. The molecule has 0 amide bonds. The molecule has 0 aliphatic heterocycles. The second-order valence-corrected chi connectivity index (χ2v) is 4.11. The Bertz CT molecular complexity index is 576. The number of nitrogens with zero attached hydrogens (tertiary/aromatic N) is 1. The summed E-state index contributed by atoms with van der Waals surface area (Å²) in [7, 11) is 0. The number of hydrogen-bond donors (Lipinski definition) is 1. The minimum atomic E-state index is -0.146. The molecule has 2 aromatic rings. The number of phenols is 1. The first-order valence-corrected chi connectivity index (χ1v) is 5.93. The molecule has 19 heavy (non-hydrogen) atoms. The van der Waals surface area contributed by atoms with Crippen LogP contribution in [0.5, 0.6) is 5.75 Å². The number of hydrogen-bond acceptors (Lipinski definition) is 4. The first-order chi connectivity index (χ1) is 9.16. The van der Waals surface area contributed by atoms with Gasteiger partial charge in [0.05, 0.1) is 0 Å². The molecule has 1 heterocycles. The molecule has 0 aliphatic carbocycles. The number of pyridine rings is 1. The van der Waals surface area contributed by atoms with Crippen molar-refractivity contribution in [2.75, 3.05) is 0 Å². The summed E-state index contributed by atoms with van der Waals surface area (Å²) in [5, 5.41) is 9.13. The summed E-state index contributed by atoms with van der Waals surface area (Å²) < 4.78 is 0.